The molecule has 1 aliphatic rings. The molecule has 7 heteroatoms. The summed E-state index contributed by atoms with van der Waals surface area (Å²) in [6.45, 7) is 7.06. The van der Waals surface area contributed by atoms with Crippen molar-refractivity contribution in [3.8, 4) is 0 Å². The van der Waals surface area contributed by atoms with Crippen molar-refractivity contribution in [3.63, 3.8) is 0 Å². The van der Waals surface area contributed by atoms with Crippen molar-refractivity contribution in [1.82, 2.24) is 14.5 Å². The van der Waals surface area contributed by atoms with Crippen molar-refractivity contribution in [2.75, 3.05) is 32.7 Å². The maximum absolute atomic E-state index is 12.7. The lowest BCUT2D eigenvalue weighted by Crippen LogP contribution is -2.52. The van der Waals surface area contributed by atoms with Crippen molar-refractivity contribution < 1.29 is 8.42 Å². The average Bonchev–Trinajstić information content (AvgIpc) is 2.56. The van der Waals surface area contributed by atoms with Gasteiger partial charge in [0.15, 0.2) is 5.11 Å². The number of thiocarbonyl (C=S) groups is 1. The van der Waals surface area contributed by atoms with E-state index in [9.17, 15) is 8.42 Å². The van der Waals surface area contributed by atoms with E-state index in [-0.39, 0.29) is 0 Å². The average molecular weight is 356 g/mol. The van der Waals surface area contributed by atoms with Gasteiger partial charge in [0.25, 0.3) is 0 Å². The van der Waals surface area contributed by atoms with E-state index in [2.05, 4.69) is 12.2 Å². The van der Waals surface area contributed by atoms with Gasteiger partial charge in [0, 0.05) is 32.7 Å². The molecule has 1 saturated heterocycles. The monoisotopic (exact) mass is 355 g/mol. The summed E-state index contributed by atoms with van der Waals surface area (Å²) in [6, 6.07) is 7.26. The number of nitrogens with zero attached hydrogens (tertiary/aromatic N) is 2. The van der Waals surface area contributed by atoms with Gasteiger partial charge in [-0.2, -0.15) is 4.31 Å². The minimum absolute atomic E-state index is 0.375. The number of nitrogens with one attached hydrogen (secondary N) is 1. The van der Waals surface area contributed by atoms with E-state index >= 15 is 0 Å². The summed E-state index contributed by atoms with van der Waals surface area (Å²) < 4.78 is 27.0. The SMILES string of the molecule is CCCc1ccc(S(=O)(=O)N2CCN(C(=S)NCC)CC2)cc1. The zero-order valence-electron chi connectivity index (χ0n) is 13.8. The first kappa shape index (κ1) is 18.2. The summed E-state index contributed by atoms with van der Waals surface area (Å²) in [5, 5.41) is 3.81. The number of sulfonamides is 1. The van der Waals surface area contributed by atoms with Gasteiger partial charge in [-0.15, -0.1) is 0 Å². The van der Waals surface area contributed by atoms with E-state index in [0.29, 0.717) is 36.2 Å². The predicted molar refractivity (Wildman–Crippen MR) is 97.0 cm³/mol. The molecule has 1 fully saturated rings. The molecule has 0 unspecified atom stereocenters. The largest absolute Gasteiger partial charge is 0.363 e. The summed E-state index contributed by atoms with van der Waals surface area (Å²) in [7, 11) is -3.41. The molecule has 1 aromatic carbocycles. The van der Waals surface area contributed by atoms with Crippen LogP contribution in [-0.4, -0.2) is 55.5 Å². The minimum Gasteiger partial charge on any atom is -0.363 e. The quantitative estimate of drug-likeness (QED) is 0.817. The summed E-state index contributed by atoms with van der Waals surface area (Å²) in [4.78, 5) is 2.40. The molecule has 1 heterocycles. The first-order chi connectivity index (χ1) is 11.0. The van der Waals surface area contributed by atoms with Crippen LogP contribution < -0.4 is 5.32 Å². The van der Waals surface area contributed by atoms with Crippen LogP contribution in [0.5, 0.6) is 0 Å². The maximum atomic E-state index is 12.7. The highest BCUT2D eigenvalue weighted by molar-refractivity contribution is 7.89. The van der Waals surface area contributed by atoms with Crippen molar-refractivity contribution in [2.24, 2.45) is 0 Å². The molecule has 5 nitrogen and oxygen atoms in total. The fourth-order valence-electron chi connectivity index (χ4n) is 2.66. The smallest absolute Gasteiger partial charge is 0.243 e. The van der Waals surface area contributed by atoms with Gasteiger partial charge >= 0.3 is 0 Å². The van der Waals surface area contributed by atoms with Gasteiger partial charge < -0.3 is 10.2 Å². The summed E-state index contributed by atoms with van der Waals surface area (Å²) >= 11 is 5.28. The van der Waals surface area contributed by atoms with Gasteiger partial charge in [-0.05, 0) is 43.3 Å². The van der Waals surface area contributed by atoms with Crippen LogP contribution in [0.15, 0.2) is 29.2 Å². The number of hydrogen-bond donors (Lipinski definition) is 1. The molecule has 0 amide bonds. The Kier molecular flexibility index (Phi) is 6.38. The molecule has 23 heavy (non-hydrogen) atoms. The molecule has 0 atom stereocenters. The Morgan fingerprint density at radius 3 is 2.26 bits per heavy atom. The van der Waals surface area contributed by atoms with Gasteiger partial charge in [-0.3, -0.25) is 0 Å². The van der Waals surface area contributed by atoms with E-state index in [1.54, 1.807) is 16.4 Å². The standard InChI is InChI=1S/C16H25N3O2S2/c1-3-5-14-6-8-15(9-7-14)23(20,21)19-12-10-18(11-13-19)16(22)17-4-2/h6-9H,3-5,10-13H2,1-2H3,(H,17,22). The highest BCUT2D eigenvalue weighted by Crippen LogP contribution is 2.18. The van der Waals surface area contributed by atoms with Crippen LogP contribution in [0.3, 0.4) is 0 Å². The topological polar surface area (TPSA) is 52.7 Å². The fraction of sp³-hybridized carbons (Fsp3) is 0.562. The third-order valence-electron chi connectivity index (χ3n) is 3.95. The molecule has 2 rings (SSSR count). The maximum Gasteiger partial charge on any atom is 0.243 e. The Morgan fingerprint density at radius 2 is 1.74 bits per heavy atom. The Bertz CT molecular complexity index is 621. The lowest BCUT2D eigenvalue weighted by molar-refractivity contribution is 0.264. The van der Waals surface area contributed by atoms with E-state index in [4.69, 9.17) is 12.2 Å². The van der Waals surface area contributed by atoms with Crippen LogP contribution >= 0.6 is 12.2 Å². The highest BCUT2D eigenvalue weighted by atomic mass is 32.2. The van der Waals surface area contributed by atoms with Crippen molar-refractivity contribution in [2.45, 2.75) is 31.6 Å². The van der Waals surface area contributed by atoms with Crippen LogP contribution in [0, 0.1) is 0 Å². The lowest BCUT2D eigenvalue weighted by atomic mass is 10.1. The normalized spacial score (nSPS) is 16.3. The number of piperazine rings is 1. The van der Waals surface area contributed by atoms with Gasteiger partial charge in [0.1, 0.15) is 0 Å². The Hall–Kier alpha value is -1.18. The molecule has 0 bridgehead atoms. The molecular weight excluding hydrogens is 330 g/mol. The summed E-state index contributed by atoms with van der Waals surface area (Å²) in [5.74, 6) is 0. The third kappa shape index (κ3) is 4.43. The predicted octanol–water partition coefficient (Wildman–Crippen LogP) is 1.84. The summed E-state index contributed by atoms with van der Waals surface area (Å²) in [6.07, 6.45) is 2.03. The van der Waals surface area contributed by atoms with E-state index in [1.807, 2.05) is 24.0 Å². The molecule has 128 valence electrons. The Balaban J connectivity index is 2.02. The van der Waals surface area contributed by atoms with E-state index in [0.717, 1.165) is 19.4 Å². The molecule has 1 N–H and O–H groups in total. The highest BCUT2D eigenvalue weighted by Gasteiger charge is 2.29. The van der Waals surface area contributed by atoms with Gasteiger partial charge in [-0.1, -0.05) is 25.5 Å². The van der Waals surface area contributed by atoms with Crippen LogP contribution in [0.1, 0.15) is 25.8 Å². The zero-order valence-corrected chi connectivity index (χ0v) is 15.4. The molecule has 0 aliphatic carbocycles. The van der Waals surface area contributed by atoms with E-state index < -0.39 is 10.0 Å². The molecule has 0 aromatic heterocycles. The van der Waals surface area contributed by atoms with Gasteiger partial charge in [0.05, 0.1) is 4.90 Å². The van der Waals surface area contributed by atoms with Crippen molar-refractivity contribution in [1.29, 1.82) is 0 Å². The molecule has 1 aromatic rings. The zero-order chi connectivity index (χ0) is 16.9. The number of aryl methyl sites for hydroxylation is 1. The first-order valence-electron chi connectivity index (χ1n) is 8.11. The molecular formula is C16H25N3O2S2. The minimum atomic E-state index is -3.41. The molecule has 1 aliphatic heterocycles. The van der Waals surface area contributed by atoms with Crippen LogP contribution in [0.2, 0.25) is 0 Å². The molecule has 0 saturated carbocycles. The second kappa shape index (κ2) is 8.08. The fourth-order valence-corrected chi connectivity index (χ4v) is 4.41. The Labute approximate surface area is 144 Å². The number of rotatable bonds is 5. The van der Waals surface area contributed by atoms with Gasteiger partial charge in [0.2, 0.25) is 10.0 Å². The third-order valence-corrected chi connectivity index (χ3v) is 6.27. The number of hydrogen-bond acceptors (Lipinski definition) is 3. The number of benzene rings is 1. The molecule has 0 radical (unpaired) electrons. The van der Waals surface area contributed by atoms with Crippen molar-refractivity contribution in [3.05, 3.63) is 29.8 Å². The van der Waals surface area contributed by atoms with Crippen molar-refractivity contribution >= 4 is 27.4 Å². The second-order valence-electron chi connectivity index (χ2n) is 5.62. The van der Waals surface area contributed by atoms with Gasteiger partial charge in [-0.25, -0.2) is 8.42 Å². The second-order valence-corrected chi connectivity index (χ2v) is 7.95. The Morgan fingerprint density at radius 1 is 1.13 bits per heavy atom. The van der Waals surface area contributed by atoms with Crippen LogP contribution in [-0.2, 0) is 16.4 Å². The first-order valence-corrected chi connectivity index (χ1v) is 9.95. The van der Waals surface area contributed by atoms with E-state index in [1.165, 1.54) is 5.56 Å². The molecule has 0 spiro atoms. The van der Waals surface area contributed by atoms with Crippen LogP contribution in [0.4, 0.5) is 0 Å². The van der Waals surface area contributed by atoms with Crippen LogP contribution in [0.25, 0.3) is 0 Å². The lowest BCUT2D eigenvalue weighted by Gasteiger charge is -2.35. The summed E-state index contributed by atoms with van der Waals surface area (Å²) in [5.41, 5.74) is 1.17.